The highest BCUT2D eigenvalue weighted by atomic mass is 35.5. The normalized spacial score (nSPS) is 11.8. The first-order chi connectivity index (χ1) is 19.3. The van der Waals surface area contributed by atoms with Crippen LogP contribution in [0, 0.1) is 0 Å². The molecule has 0 spiro atoms. The highest BCUT2D eigenvalue weighted by Gasteiger charge is 2.27. The Morgan fingerprint density at radius 2 is 1.68 bits per heavy atom. The molecule has 0 atom stereocenters. The second-order valence-corrected chi connectivity index (χ2v) is 10.7. The number of hydrogen-bond acceptors (Lipinski definition) is 8. The molecule has 0 radical (unpaired) electrons. The molecule has 0 unspecified atom stereocenters. The Morgan fingerprint density at radius 1 is 0.975 bits per heavy atom. The van der Waals surface area contributed by atoms with Crippen molar-refractivity contribution in [2.24, 2.45) is 10.2 Å². The zero-order valence-corrected chi connectivity index (χ0v) is 23.1. The van der Waals surface area contributed by atoms with Crippen LogP contribution >= 0.6 is 11.6 Å². The van der Waals surface area contributed by atoms with Gasteiger partial charge in [-0.05, 0) is 54.6 Å². The molecule has 0 fully saturated rings. The first-order valence-corrected chi connectivity index (χ1v) is 13.9. The fourth-order valence-electron chi connectivity index (χ4n) is 3.69. The van der Waals surface area contributed by atoms with E-state index >= 15 is 0 Å². The number of rotatable bonds is 13. The number of hydrogen-bond donors (Lipinski definition) is 2. The van der Waals surface area contributed by atoms with Crippen molar-refractivity contribution in [1.29, 1.82) is 0 Å². The average molecular weight is 587 g/mol. The molecule has 4 rings (SSSR count). The number of amides is 1. The number of ether oxygens (including phenoxy) is 3. The number of fused-ring (bicyclic) bond motifs is 1. The lowest BCUT2D eigenvalue weighted by Gasteiger charge is -2.23. The number of aromatic amines is 1. The summed E-state index contributed by atoms with van der Waals surface area (Å²) in [7, 11) is -2.63. The van der Waals surface area contributed by atoms with E-state index in [2.05, 4.69) is 15.2 Å². The van der Waals surface area contributed by atoms with Crippen molar-refractivity contribution in [2.75, 3.05) is 44.4 Å². The van der Waals surface area contributed by atoms with E-state index in [0.717, 1.165) is 4.31 Å². The third kappa shape index (κ3) is 7.16. The van der Waals surface area contributed by atoms with Crippen molar-refractivity contribution < 1.29 is 32.5 Å². The molecule has 0 aliphatic rings. The molecule has 0 bridgehead atoms. The molecule has 0 saturated heterocycles. The van der Waals surface area contributed by atoms with E-state index in [4.69, 9.17) is 25.8 Å². The standard InChI is InChI=1S/C27H27ClN4O7S/c1-37-14-15-38-16-17-39-21-10-12-22(13-11-21)40(35,36)32(20-8-6-19(28)7-9-20)18-25(33)30-31-26-23-4-2-3-5-24(23)29-27(26)34/h2-13,29,34H,14-18H2,1H3. The molecule has 11 nitrogen and oxygen atoms in total. The molecule has 13 heteroatoms. The first kappa shape index (κ1) is 29.0. The van der Waals surface area contributed by atoms with Gasteiger partial charge in [0.25, 0.3) is 15.9 Å². The van der Waals surface area contributed by atoms with Crippen LogP contribution in [0.1, 0.15) is 0 Å². The molecule has 3 aromatic carbocycles. The van der Waals surface area contributed by atoms with Gasteiger partial charge >= 0.3 is 0 Å². The minimum Gasteiger partial charge on any atom is -0.493 e. The van der Waals surface area contributed by atoms with Crippen molar-refractivity contribution in [3.8, 4) is 11.6 Å². The lowest BCUT2D eigenvalue weighted by atomic mass is 10.2. The summed E-state index contributed by atoms with van der Waals surface area (Å²) in [4.78, 5) is 15.5. The van der Waals surface area contributed by atoms with Gasteiger partial charge in [0.1, 0.15) is 18.9 Å². The quantitative estimate of drug-likeness (QED) is 0.164. The summed E-state index contributed by atoms with van der Waals surface area (Å²) in [6, 6.07) is 18.8. The first-order valence-electron chi connectivity index (χ1n) is 12.1. The molecule has 40 heavy (non-hydrogen) atoms. The largest absolute Gasteiger partial charge is 0.493 e. The van der Waals surface area contributed by atoms with E-state index in [0.29, 0.717) is 41.5 Å². The minimum atomic E-state index is -4.21. The molecular weight excluding hydrogens is 560 g/mol. The number of sulfonamides is 1. The molecule has 2 N–H and O–H groups in total. The van der Waals surface area contributed by atoms with Crippen LogP contribution in [0.4, 0.5) is 11.4 Å². The number of carbonyl (C=O) groups is 1. The van der Waals surface area contributed by atoms with Crippen LogP contribution in [0.25, 0.3) is 10.9 Å². The summed E-state index contributed by atoms with van der Waals surface area (Å²) in [5, 5.41) is 18.7. The predicted molar refractivity (Wildman–Crippen MR) is 150 cm³/mol. The highest BCUT2D eigenvalue weighted by Crippen LogP contribution is 2.35. The van der Waals surface area contributed by atoms with Crippen LogP contribution in [-0.2, 0) is 24.3 Å². The van der Waals surface area contributed by atoms with E-state index in [1.807, 2.05) is 0 Å². The van der Waals surface area contributed by atoms with Crippen LogP contribution in [0.2, 0.25) is 5.02 Å². The molecule has 0 aliphatic heterocycles. The van der Waals surface area contributed by atoms with Gasteiger partial charge in [0.2, 0.25) is 5.88 Å². The number of H-pyrrole nitrogens is 1. The van der Waals surface area contributed by atoms with E-state index in [1.165, 1.54) is 48.5 Å². The number of methoxy groups -OCH3 is 1. The van der Waals surface area contributed by atoms with Crippen molar-refractivity contribution in [2.45, 2.75) is 4.90 Å². The summed E-state index contributed by atoms with van der Waals surface area (Å²) in [6.45, 7) is 0.900. The van der Waals surface area contributed by atoms with Crippen molar-refractivity contribution in [1.82, 2.24) is 4.98 Å². The third-order valence-electron chi connectivity index (χ3n) is 5.65. The zero-order valence-electron chi connectivity index (χ0n) is 21.5. The fourth-order valence-corrected chi connectivity index (χ4v) is 5.23. The molecular formula is C27H27ClN4O7S. The van der Waals surface area contributed by atoms with E-state index in [-0.39, 0.29) is 28.8 Å². The number of aromatic hydroxyl groups is 1. The van der Waals surface area contributed by atoms with E-state index in [9.17, 15) is 18.3 Å². The Labute approximate surface area is 236 Å². The molecule has 1 heterocycles. The maximum atomic E-state index is 13.6. The van der Waals surface area contributed by atoms with Crippen LogP contribution in [0.15, 0.2) is 87.9 Å². The van der Waals surface area contributed by atoms with Gasteiger partial charge in [0.15, 0.2) is 5.69 Å². The van der Waals surface area contributed by atoms with Gasteiger partial charge in [-0.1, -0.05) is 29.8 Å². The van der Waals surface area contributed by atoms with Gasteiger partial charge in [0.05, 0.1) is 35.9 Å². The highest BCUT2D eigenvalue weighted by molar-refractivity contribution is 7.92. The van der Waals surface area contributed by atoms with Crippen LogP contribution < -0.4 is 9.04 Å². The monoisotopic (exact) mass is 586 g/mol. The smallest absolute Gasteiger partial charge is 0.285 e. The van der Waals surface area contributed by atoms with Gasteiger partial charge < -0.3 is 24.3 Å². The molecule has 1 amide bonds. The Morgan fingerprint density at radius 3 is 2.40 bits per heavy atom. The molecule has 0 aliphatic carbocycles. The summed E-state index contributed by atoms with van der Waals surface area (Å²) < 4.78 is 44.0. The number of benzene rings is 3. The van der Waals surface area contributed by atoms with Gasteiger partial charge in [-0.25, -0.2) is 8.42 Å². The molecule has 210 valence electrons. The van der Waals surface area contributed by atoms with Gasteiger partial charge in [-0.2, -0.15) is 0 Å². The zero-order chi connectivity index (χ0) is 28.5. The average Bonchev–Trinajstić information content (AvgIpc) is 3.28. The van der Waals surface area contributed by atoms with E-state index in [1.54, 1.807) is 31.4 Å². The lowest BCUT2D eigenvalue weighted by molar-refractivity contribution is -0.116. The van der Waals surface area contributed by atoms with Gasteiger partial charge in [0, 0.05) is 17.5 Å². The van der Waals surface area contributed by atoms with Crippen molar-refractivity contribution in [3.63, 3.8) is 0 Å². The van der Waals surface area contributed by atoms with Gasteiger partial charge in [-0.15, -0.1) is 10.2 Å². The summed E-state index contributed by atoms with van der Waals surface area (Å²) >= 11 is 5.99. The maximum Gasteiger partial charge on any atom is 0.285 e. The number of halogens is 1. The number of anilines is 1. The topological polar surface area (TPSA) is 143 Å². The molecule has 1 aromatic heterocycles. The number of azo groups is 1. The van der Waals surface area contributed by atoms with Gasteiger partial charge in [-0.3, -0.25) is 9.10 Å². The van der Waals surface area contributed by atoms with Crippen LogP contribution in [0.3, 0.4) is 0 Å². The number of aromatic nitrogens is 1. The van der Waals surface area contributed by atoms with Crippen molar-refractivity contribution in [3.05, 3.63) is 77.8 Å². The number of nitrogens with zero attached hydrogens (tertiary/aromatic N) is 3. The Hall–Kier alpha value is -3.97. The Balaban J connectivity index is 1.52. The van der Waals surface area contributed by atoms with Crippen LogP contribution in [-0.4, -0.2) is 64.5 Å². The maximum absolute atomic E-state index is 13.6. The number of nitrogens with one attached hydrogen (secondary N) is 1. The second-order valence-electron chi connectivity index (χ2n) is 8.37. The third-order valence-corrected chi connectivity index (χ3v) is 7.69. The predicted octanol–water partition coefficient (Wildman–Crippen LogP) is 5.07. The Kier molecular flexibility index (Phi) is 9.72. The summed E-state index contributed by atoms with van der Waals surface area (Å²) in [5.74, 6) is -0.656. The second kappa shape index (κ2) is 13.4. The minimum absolute atomic E-state index is 0.0647. The van der Waals surface area contributed by atoms with Crippen LogP contribution in [0.5, 0.6) is 11.6 Å². The summed E-state index contributed by atoms with van der Waals surface area (Å²) in [6.07, 6.45) is 0. The SMILES string of the molecule is COCCOCCOc1ccc(S(=O)(=O)N(CC(=O)N=Nc2c(O)[nH]c3ccccc23)c2ccc(Cl)cc2)cc1. The lowest BCUT2D eigenvalue weighted by Crippen LogP contribution is -2.35. The number of para-hydroxylation sites is 1. The Bertz CT molecular complexity index is 1570. The fraction of sp³-hybridized carbons (Fsp3) is 0.222. The molecule has 4 aromatic rings. The van der Waals surface area contributed by atoms with Crippen molar-refractivity contribution >= 4 is 49.8 Å². The number of carbonyl (C=O) groups excluding carboxylic acids is 1. The molecule has 0 saturated carbocycles. The summed E-state index contributed by atoms with van der Waals surface area (Å²) in [5.41, 5.74) is 0.888. The van der Waals surface area contributed by atoms with E-state index < -0.39 is 22.5 Å².